The minimum Gasteiger partial charge on any atom is -0.469 e. The van der Waals surface area contributed by atoms with Gasteiger partial charge in [0.2, 0.25) is 0 Å². The molecule has 16 heavy (non-hydrogen) atoms. The van der Waals surface area contributed by atoms with Crippen molar-refractivity contribution in [3.8, 4) is 0 Å². The van der Waals surface area contributed by atoms with Gasteiger partial charge in [-0.15, -0.1) is 0 Å². The lowest BCUT2D eigenvalue weighted by Gasteiger charge is -2.46. The highest BCUT2D eigenvalue weighted by Crippen LogP contribution is 2.57. The summed E-state index contributed by atoms with van der Waals surface area (Å²) in [5.41, 5.74) is 0.122. The molecule has 0 aromatic carbocycles. The van der Waals surface area contributed by atoms with Gasteiger partial charge in [0.1, 0.15) is 0 Å². The highest BCUT2D eigenvalue weighted by atomic mass is 16.5. The van der Waals surface area contributed by atoms with Gasteiger partial charge in [-0.25, -0.2) is 0 Å². The largest absolute Gasteiger partial charge is 0.469 e. The fourth-order valence-electron chi connectivity index (χ4n) is 3.90. The number of carbonyl (C=O) groups excluding carboxylic acids is 1. The Bertz CT molecular complexity index is 289. The number of fused-ring (bicyclic) bond motifs is 1. The Kier molecular flexibility index (Phi) is 2.99. The van der Waals surface area contributed by atoms with Gasteiger partial charge >= 0.3 is 5.97 Å². The zero-order chi connectivity index (χ0) is 11.9. The predicted molar refractivity (Wildman–Crippen MR) is 60.7 cm³/mol. The van der Waals surface area contributed by atoms with Crippen LogP contribution in [0.15, 0.2) is 0 Å². The lowest BCUT2D eigenvalue weighted by atomic mass is 9.59. The highest BCUT2D eigenvalue weighted by molar-refractivity contribution is 5.73. The number of rotatable bonds is 1. The summed E-state index contributed by atoms with van der Waals surface area (Å²) in [5.74, 6) is 0.465. The Balaban J connectivity index is 2.28. The topological polar surface area (TPSA) is 46.5 Å². The van der Waals surface area contributed by atoms with Crippen LogP contribution in [0.25, 0.3) is 0 Å². The van der Waals surface area contributed by atoms with Gasteiger partial charge in [0, 0.05) is 5.92 Å². The van der Waals surface area contributed by atoms with Gasteiger partial charge in [0.05, 0.1) is 19.1 Å². The summed E-state index contributed by atoms with van der Waals surface area (Å²) in [6.07, 6.45) is 3.48. The van der Waals surface area contributed by atoms with E-state index in [1.54, 1.807) is 0 Å². The first kappa shape index (κ1) is 11.9. The number of aliphatic hydroxyl groups is 1. The van der Waals surface area contributed by atoms with Crippen molar-refractivity contribution >= 4 is 5.97 Å². The van der Waals surface area contributed by atoms with Crippen LogP contribution < -0.4 is 0 Å². The van der Waals surface area contributed by atoms with E-state index in [-0.39, 0.29) is 29.3 Å². The van der Waals surface area contributed by atoms with Gasteiger partial charge < -0.3 is 9.84 Å². The highest BCUT2D eigenvalue weighted by Gasteiger charge is 2.55. The molecule has 2 rings (SSSR count). The molecular weight excluding hydrogens is 204 g/mol. The minimum absolute atomic E-state index is 0.0938. The Morgan fingerprint density at radius 3 is 2.69 bits per heavy atom. The van der Waals surface area contributed by atoms with E-state index in [0.29, 0.717) is 5.92 Å². The van der Waals surface area contributed by atoms with E-state index in [9.17, 15) is 9.90 Å². The molecule has 3 heteroatoms. The number of carbonyl (C=O) groups is 1. The van der Waals surface area contributed by atoms with E-state index >= 15 is 0 Å². The number of hydrogen-bond acceptors (Lipinski definition) is 3. The SMILES string of the molecule is COC(=O)[C@@H]1CC[C@H](C)[C@@]2(C)CC[C@H](O)[C@@H]12. The Morgan fingerprint density at radius 2 is 2.06 bits per heavy atom. The summed E-state index contributed by atoms with van der Waals surface area (Å²) >= 11 is 0. The quantitative estimate of drug-likeness (QED) is 0.695. The van der Waals surface area contributed by atoms with Crippen molar-refractivity contribution in [1.82, 2.24) is 0 Å². The maximum Gasteiger partial charge on any atom is 0.309 e. The molecule has 3 nitrogen and oxygen atoms in total. The molecule has 0 aliphatic heterocycles. The first-order chi connectivity index (χ1) is 7.50. The van der Waals surface area contributed by atoms with Gasteiger partial charge in [-0.3, -0.25) is 4.79 Å². The number of hydrogen-bond donors (Lipinski definition) is 1. The fourth-order valence-corrected chi connectivity index (χ4v) is 3.90. The molecular formula is C13H22O3. The number of esters is 1. The Labute approximate surface area is 97.2 Å². The molecule has 2 aliphatic carbocycles. The molecule has 0 spiro atoms. The predicted octanol–water partition coefficient (Wildman–Crippen LogP) is 1.98. The van der Waals surface area contributed by atoms with Crippen molar-refractivity contribution in [3.05, 3.63) is 0 Å². The smallest absolute Gasteiger partial charge is 0.309 e. The van der Waals surface area contributed by atoms with E-state index in [1.807, 2.05) is 0 Å². The van der Waals surface area contributed by atoms with Crippen molar-refractivity contribution in [3.63, 3.8) is 0 Å². The fraction of sp³-hybridized carbons (Fsp3) is 0.923. The maximum absolute atomic E-state index is 11.8. The van der Waals surface area contributed by atoms with Crippen molar-refractivity contribution < 1.29 is 14.6 Å². The average molecular weight is 226 g/mol. The maximum atomic E-state index is 11.8. The van der Waals surface area contributed by atoms with E-state index < -0.39 is 0 Å². The van der Waals surface area contributed by atoms with Crippen LogP contribution in [-0.2, 0) is 9.53 Å². The van der Waals surface area contributed by atoms with Crippen LogP contribution in [0.4, 0.5) is 0 Å². The zero-order valence-corrected chi connectivity index (χ0v) is 10.4. The van der Waals surface area contributed by atoms with Gasteiger partial charge in [0.25, 0.3) is 0 Å². The van der Waals surface area contributed by atoms with E-state index in [1.165, 1.54) is 7.11 Å². The van der Waals surface area contributed by atoms with E-state index in [2.05, 4.69) is 13.8 Å². The molecule has 0 heterocycles. The lowest BCUT2D eigenvalue weighted by molar-refractivity contribution is -0.155. The average Bonchev–Trinajstić information content (AvgIpc) is 2.58. The minimum atomic E-state index is -0.322. The third kappa shape index (κ3) is 1.56. The molecule has 0 saturated heterocycles. The molecule has 2 fully saturated rings. The van der Waals surface area contributed by atoms with Crippen molar-refractivity contribution in [1.29, 1.82) is 0 Å². The van der Waals surface area contributed by atoms with E-state index in [0.717, 1.165) is 25.7 Å². The Morgan fingerprint density at radius 1 is 1.38 bits per heavy atom. The monoisotopic (exact) mass is 226 g/mol. The summed E-state index contributed by atoms with van der Waals surface area (Å²) in [7, 11) is 1.44. The molecule has 0 aromatic heterocycles. The summed E-state index contributed by atoms with van der Waals surface area (Å²) in [6.45, 7) is 4.48. The second-order valence-electron chi connectivity index (χ2n) is 5.75. The summed E-state index contributed by atoms with van der Waals surface area (Å²) in [5, 5.41) is 10.1. The third-order valence-electron chi connectivity index (χ3n) is 5.13. The van der Waals surface area contributed by atoms with Gasteiger partial charge in [-0.05, 0) is 37.0 Å². The zero-order valence-electron chi connectivity index (χ0n) is 10.4. The number of ether oxygens (including phenoxy) is 1. The molecule has 0 unspecified atom stereocenters. The summed E-state index contributed by atoms with van der Waals surface area (Å²) in [6, 6.07) is 0. The third-order valence-corrected chi connectivity index (χ3v) is 5.13. The first-order valence-corrected chi connectivity index (χ1v) is 6.26. The molecule has 2 aliphatic rings. The normalized spacial score (nSPS) is 47.5. The van der Waals surface area contributed by atoms with Gasteiger partial charge in [-0.1, -0.05) is 13.8 Å². The van der Waals surface area contributed by atoms with Crippen molar-refractivity contribution in [2.24, 2.45) is 23.2 Å². The van der Waals surface area contributed by atoms with Gasteiger partial charge in [-0.2, -0.15) is 0 Å². The summed E-state index contributed by atoms with van der Waals surface area (Å²) in [4.78, 5) is 11.8. The van der Waals surface area contributed by atoms with Crippen molar-refractivity contribution in [2.75, 3.05) is 7.11 Å². The molecule has 0 bridgehead atoms. The first-order valence-electron chi connectivity index (χ1n) is 6.26. The van der Waals surface area contributed by atoms with Crippen LogP contribution in [-0.4, -0.2) is 24.3 Å². The molecule has 0 aromatic rings. The lowest BCUT2D eigenvalue weighted by Crippen LogP contribution is -2.45. The standard InChI is InChI=1S/C13H22O3/c1-8-4-5-9(12(15)16-3)11-10(14)6-7-13(8,11)2/h8-11,14H,4-7H2,1-3H3/t8-,9+,10-,11+,13+/m0/s1. The molecule has 2 saturated carbocycles. The number of methoxy groups -OCH3 is 1. The summed E-state index contributed by atoms with van der Waals surface area (Å²) < 4.78 is 4.88. The van der Waals surface area contributed by atoms with Crippen LogP contribution in [0.1, 0.15) is 39.5 Å². The molecule has 92 valence electrons. The van der Waals surface area contributed by atoms with Crippen LogP contribution in [0, 0.1) is 23.2 Å². The molecule has 0 amide bonds. The van der Waals surface area contributed by atoms with Crippen LogP contribution >= 0.6 is 0 Å². The second-order valence-corrected chi connectivity index (χ2v) is 5.75. The van der Waals surface area contributed by atoms with Crippen LogP contribution in [0.2, 0.25) is 0 Å². The molecule has 1 N–H and O–H groups in total. The molecule has 5 atom stereocenters. The van der Waals surface area contributed by atoms with Gasteiger partial charge in [0.15, 0.2) is 0 Å². The molecule has 0 radical (unpaired) electrons. The van der Waals surface area contributed by atoms with Crippen LogP contribution in [0.3, 0.4) is 0 Å². The van der Waals surface area contributed by atoms with Crippen molar-refractivity contribution in [2.45, 2.75) is 45.6 Å². The van der Waals surface area contributed by atoms with Crippen LogP contribution in [0.5, 0.6) is 0 Å². The number of aliphatic hydroxyl groups excluding tert-OH is 1. The van der Waals surface area contributed by atoms with E-state index in [4.69, 9.17) is 4.74 Å². The Hall–Kier alpha value is -0.570. The second kappa shape index (κ2) is 4.02.